The zero-order valence-electron chi connectivity index (χ0n) is 17.9. The molecule has 0 aliphatic carbocycles. The molecule has 0 fully saturated rings. The van der Waals surface area contributed by atoms with Gasteiger partial charge in [-0.05, 0) is 36.1 Å². The number of halogens is 1. The van der Waals surface area contributed by atoms with Gasteiger partial charge in [0.25, 0.3) is 10.1 Å². The number of nitrogens with zero attached hydrogens (tertiary/aromatic N) is 2. The molecule has 2 unspecified atom stereocenters. The van der Waals surface area contributed by atoms with Gasteiger partial charge in [0.05, 0.1) is 12.8 Å². The first-order valence-electron chi connectivity index (χ1n) is 10.3. The maximum Gasteiger partial charge on any atom is 0.267 e. The van der Waals surface area contributed by atoms with E-state index in [0.29, 0.717) is 19.7 Å². The van der Waals surface area contributed by atoms with E-state index in [4.69, 9.17) is 8.92 Å². The Morgan fingerprint density at radius 1 is 1.03 bits per heavy atom. The third-order valence-corrected chi connectivity index (χ3v) is 5.44. The Bertz CT molecular complexity index is 951. The standard InChI is InChI=1S/C23H29FN2O4S/c1-3-17-29-22(20-9-11-21(24)12-10-20)18-26-16-15-25(23(26)30-31(2,27)28)14-13-19-7-5-4-6-8-19/h4-12,15-16,22-23H,3,13-14,17-18H2,1-2H3. The third-order valence-electron chi connectivity index (χ3n) is 4.92. The molecule has 2 atom stereocenters. The SMILES string of the molecule is CCCOC(CN1C=CN(CCc2ccccc2)C1OS(C)(=O)=O)c1ccc(F)cc1. The van der Waals surface area contributed by atoms with Gasteiger partial charge in [0.1, 0.15) is 11.9 Å². The van der Waals surface area contributed by atoms with Crippen molar-refractivity contribution < 1.29 is 21.7 Å². The zero-order chi connectivity index (χ0) is 22.3. The van der Waals surface area contributed by atoms with E-state index in [9.17, 15) is 12.8 Å². The Labute approximate surface area is 184 Å². The molecule has 8 heteroatoms. The van der Waals surface area contributed by atoms with Crippen molar-refractivity contribution in [2.45, 2.75) is 32.2 Å². The molecular weight excluding hydrogens is 419 g/mol. The largest absolute Gasteiger partial charge is 0.372 e. The molecule has 0 amide bonds. The minimum Gasteiger partial charge on any atom is -0.372 e. The maximum absolute atomic E-state index is 13.4. The van der Waals surface area contributed by atoms with Crippen LogP contribution in [0.5, 0.6) is 0 Å². The van der Waals surface area contributed by atoms with Gasteiger partial charge in [-0.15, -0.1) is 0 Å². The van der Waals surface area contributed by atoms with Crippen molar-refractivity contribution >= 4 is 10.1 Å². The summed E-state index contributed by atoms with van der Waals surface area (Å²) in [5.74, 6) is -0.315. The van der Waals surface area contributed by atoms with Crippen molar-refractivity contribution in [1.29, 1.82) is 0 Å². The van der Waals surface area contributed by atoms with Crippen molar-refractivity contribution in [3.05, 3.63) is 83.9 Å². The van der Waals surface area contributed by atoms with Gasteiger partial charge in [-0.3, -0.25) is 0 Å². The average molecular weight is 449 g/mol. The number of rotatable bonds is 11. The van der Waals surface area contributed by atoms with Gasteiger partial charge >= 0.3 is 0 Å². The number of ether oxygens (including phenoxy) is 1. The molecule has 0 bridgehead atoms. The highest BCUT2D eigenvalue weighted by molar-refractivity contribution is 7.86. The molecule has 0 radical (unpaired) electrons. The summed E-state index contributed by atoms with van der Waals surface area (Å²) in [6, 6.07) is 16.2. The lowest BCUT2D eigenvalue weighted by molar-refractivity contribution is -0.0508. The summed E-state index contributed by atoms with van der Waals surface area (Å²) >= 11 is 0. The first kappa shape index (κ1) is 23.2. The predicted octanol–water partition coefficient (Wildman–Crippen LogP) is 3.88. The van der Waals surface area contributed by atoms with E-state index in [-0.39, 0.29) is 11.9 Å². The Kier molecular flexibility index (Phi) is 8.06. The van der Waals surface area contributed by atoms with Gasteiger partial charge < -0.3 is 14.5 Å². The zero-order valence-corrected chi connectivity index (χ0v) is 18.7. The molecule has 0 aromatic heterocycles. The third kappa shape index (κ3) is 7.05. The molecular formula is C23H29FN2O4S. The highest BCUT2D eigenvalue weighted by atomic mass is 32.2. The number of hydrogen-bond donors (Lipinski definition) is 0. The van der Waals surface area contributed by atoms with Gasteiger partial charge in [0.2, 0.25) is 6.35 Å². The molecule has 3 rings (SSSR count). The Balaban J connectivity index is 1.74. The highest BCUT2D eigenvalue weighted by Crippen LogP contribution is 2.26. The Morgan fingerprint density at radius 2 is 1.71 bits per heavy atom. The summed E-state index contributed by atoms with van der Waals surface area (Å²) in [5, 5.41) is 0. The number of benzene rings is 2. The van der Waals surface area contributed by atoms with Crippen LogP contribution in [-0.2, 0) is 25.5 Å². The van der Waals surface area contributed by atoms with E-state index < -0.39 is 16.5 Å². The molecule has 0 saturated heterocycles. The molecule has 2 aromatic carbocycles. The minimum atomic E-state index is -3.69. The van der Waals surface area contributed by atoms with Crippen molar-refractivity contribution in [1.82, 2.24) is 9.80 Å². The summed E-state index contributed by atoms with van der Waals surface area (Å²) in [4.78, 5) is 3.66. The van der Waals surface area contributed by atoms with E-state index in [1.54, 1.807) is 17.0 Å². The first-order valence-corrected chi connectivity index (χ1v) is 12.2. The topological polar surface area (TPSA) is 59.1 Å². The molecule has 1 heterocycles. The van der Waals surface area contributed by atoms with Gasteiger partial charge in [-0.2, -0.15) is 8.42 Å². The molecule has 168 valence electrons. The van der Waals surface area contributed by atoms with Crippen molar-refractivity contribution in [3.63, 3.8) is 0 Å². The Hall–Kier alpha value is -2.42. The first-order chi connectivity index (χ1) is 14.9. The number of hydrogen-bond acceptors (Lipinski definition) is 6. The lowest BCUT2D eigenvalue weighted by Crippen LogP contribution is -2.44. The summed E-state index contributed by atoms with van der Waals surface area (Å²) in [5.41, 5.74) is 1.98. The van der Waals surface area contributed by atoms with Gasteiger partial charge in [-0.25, -0.2) is 8.57 Å². The minimum absolute atomic E-state index is 0.315. The summed E-state index contributed by atoms with van der Waals surface area (Å²) in [6.07, 6.45) is 5.12. The van der Waals surface area contributed by atoms with Gasteiger partial charge in [-0.1, -0.05) is 49.4 Å². The lowest BCUT2D eigenvalue weighted by Gasteiger charge is -2.33. The second-order valence-corrected chi connectivity index (χ2v) is 9.11. The molecule has 0 spiro atoms. The summed E-state index contributed by atoms with van der Waals surface area (Å²) in [6.45, 7) is 3.51. The fraction of sp³-hybridized carbons (Fsp3) is 0.391. The normalized spacial score (nSPS) is 17.3. The van der Waals surface area contributed by atoms with Crippen LogP contribution in [0.2, 0.25) is 0 Å². The van der Waals surface area contributed by atoms with Crippen LogP contribution in [0.1, 0.15) is 30.6 Å². The quantitative estimate of drug-likeness (QED) is 0.486. The van der Waals surface area contributed by atoms with Crippen LogP contribution in [0.3, 0.4) is 0 Å². The monoisotopic (exact) mass is 448 g/mol. The van der Waals surface area contributed by atoms with Crippen molar-refractivity contribution in [2.24, 2.45) is 0 Å². The molecule has 2 aromatic rings. The van der Waals surface area contributed by atoms with Crippen LogP contribution in [0.15, 0.2) is 67.0 Å². The average Bonchev–Trinajstić information content (AvgIpc) is 3.10. The van der Waals surface area contributed by atoms with E-state index in [1.165, 1.54) is 12.1 Å². The van der Waals surface area contributed by atoms with Crippen LogP contribution in [-0.4, -0.2) is 50.5 Å². The van der Waals surface area contributed by atoms with E-state index >= 15 is 0 Å². The van der Waals surface area contributed by atoms with Crippen molar-refractivity contribution in [3.8, 4) is 0 Å². The highest BCUT2D eigenvalue weighted by Gasteiger charge is 2.32. The lowest BCUT2D eigenvalue weighted by atomic mass is 10.1. The molecule has 0 saturated carbocycles. The second-order valence-electron chi connectivity index (χ2n) is 7.51. The molecule has 31 heavy (non-hydrogen) atoms. The predicted molar refractivity (Wildman–Crippen MR) is 118 cm³/mol. The maximum atomic E-state index is 13.4. The second kappa shape index (κ2) is 10.7. The summed E-state index contributed by atoms with van der Waals surface area (Å²) < 4.78 is 48.7. The molecule has 0 N–H and O–H groups in total. The summed E-state index contributed by atoms with van der Waals surface area (Å²) in [7, 11) is -3.69. The Morgan fingerprint density at radius 3 is 2.35 bits per heavy atom. The van der Waals surface area contributed by atoms with Crippen LogP contribution in [0.25, 0.3) is 0 Å². The van der Waals surface area contributed by atoms with Crippen molar-refractivity contribution in [2.75, 3.05) is 26.0 Å². The van der Waals surface area contributed by atoms with Crippen LogP contribution in [0.4, 0.5) is 4.39 Å². The van der Waals surface area contributed by atoms with Crippen LogP contribution in [0, 0.1) is 5.82 Å². The van der Waals surface area contributed by atoms with Gasteiger partial charge in [0.15, 0.2) is 0 Å². The molecule has 6 nitrogen and oxygen atoms in total. The fourth-order valence-electron chi connectivity index (χ4n) is 3.40. The van der Waals surface area contributed by atoms with E-state index in [0.717, 1.165) is 30.2 Å². The molecule has 1 aliphatic rings. The van der Waals surface area contributed by atoms with E-state index in [1.807, 2.05) is 54.6 Å². The fourth-order valence-corrected chi connectivity index (χ4v) is 3.93. The van der Waals surface area contributed by atoms with E-state index in [2.05, 4.69) is 0 Å². The van der Waals surface area contributed by atoms with Crippen LogP contribution < -0.4 is 0 Å². The smallest absolute Gasteiger partial charge is 0.267 e. The molecule has 1 aliphatic heterocycles. The van der Waals surface area contributed by atoms with Crippen LogP contribution >= 0.6 is 0 Å². The van der Waals surface area contributed by atoms with Gasteiger partial charge in [0, 0.05) is 25.6 Å².